The van der Waals surface area contributed by atoms with Gasteiger partial charge in [-0.1, -0.05) is 24.4 Å². The molecular formula is C9H8BS. The van der Waals surface area contributed by atoms with Crippen LogP contribution in [0, 0.1) is 0 Å². The van der Waals surface area contributed by atoms with E-state index in [1.165, 1.54) is 15.5 Å². The molecule has 2 rings (SSSR count). The summed E-state index contributed by atoms with van der Waals surface area (Å²) in [6.45, 7) is 2.06. The van der Waals surface area contributed by atoms with Crippen LogP contribution in [0.1, 0.15) is 0 Å². The normalized spacial score (nSPS) is 10.3. The second-order valence-corrected chi connectivity index (χ2v) is 3.45. The Bertz CT molecular complexity index is 364. The first-order chi connectivity index (χ1) is 5.40. The average Bonchev–Trinajstić information content (AvgIpc) is 2.50. The summed E-state index contributed by atoms with van der Waals surface area (Å²) >= 11 is 1.79. The summed E-state index contributed by atoms with van der Waals surface area (Å²) in [7, 11) is 2.12. The molecule has 0 N–H and O–H groups in total. The van der Waals surface area contributed by atoms with Crippen molar-refractivity contribution in [2.75, 3.05) is 0 Å². The van der Waals surface area contributed by atoms with Crippen LogP contribution in [0.25, 0.3) is 10.1 Å². The fraction of sp³-hybridized carbons (Fsp3) is 0.111. The largest absolute Gasteiger partial charge is 0.148 e. The minimum Gasteiger partial charge on any atom is -0.144 e. The lowest BCUT2D eigenvalue weighted by Gasteiger charge is -1.93. The summed E-state index contributed by atoms with van der Waals surface area (Å²) in [5.74, 6) is 0. The molecule has 0 aliphatic rings. The van der Waals surface area contributed by atoms with Gasteiger partial charge in [-0.15, -0.1) is 11.3 Å². The van der Waals surface area contributed by atoms with E-state index < -0.39 is 0 Å². The highest BCUT2D eigenvalue weighted by molar-refractivity contribution is 7.17. The molecule has 0 aliphatic heterocycles. The molecule has 11 heavy (non-hydrogen) atoms. The van der Waals surface area contributed by atoms with Gasteiger partial charge in [0.05, 0.1) is 0 Å². The Labute approximate surface area is 71.1 Å². The molecule has 53 valence electrons. The van der Waals surface area contributed by atoms with Gasteiger partial charge in [-0.2, -0.15) is 0 Å². The molecule has 0 saturated carbocycles. The molecule has 0 aliphatic carbocycles. The molecule has 0 saturated heterocycles. The Balaban J connectivity index is 2.67. The van der Waals surface area contributed by atoms with Crippen LogP contribution in [-0.4, -0.2) is 7.28 Å². The van der Waals surface area contributed by atoms with Gasteiger partial charge >= 0.3 is 0 Å². The van der Waals surface area contributed by atoms with Crippen molar-refractivity contribution >= 4 is 34.2 Å². The molecular weight excluding hydrogens is 151 g/mol. The molecule has 1 aromatic heterocycles. The quantitative estimate of drug-likeness (QED) is 0.560. The Morgan fingerprint density at radius 1 is 1.27 bits per heavy atom. The van der Waals surface area contributed by atoms with Gasteiger partial charge in [0, 0.05) is 4.70 Å². The van der Waals surface area contributed by atoms with E-state index in [-0.39, 0.29) is 0 Å². The lowest BCUT2D eigenvalue weighted by Crippen LogP contribution is -2.08. The minimum absolute atomic E-state index is 1.30. The molecule has 0 unspecified atom stereocenters. The second-order valence-electron chi connectivity index (χ2n) is 2.51. The van der Waals surface area contributed by atoms with Gasteiger partial charge in [-0.3, -0.25) is 0 Å². The Morgan fingerprint density at radius 3 is 3.00 bits per heavy atom. The van der Waals surface area contributed by atoms with E-state index in [1.807, 2.05) is 0 Å². The van der Waals surface area contributed by atoms with Crippen molar-refractivity contribution in [1.82, 2.24) is 0 Å². The molecule has 2 heteroatoms. The zero-order chi connectivity index (χ0) is 7.68. The number of thiophene rings is 1. The Hall–Kier alpha value is -0.755. The van der Waals surface area contributed by atoms with Crippen LogP contribution in [0.3, 0.4) is 0 Å². The first-order valence-electron chi connectivity index (χ1n) is 3.67. The van der Waals surface area contributed by atoms with Crippen molar-refractivity contribution in [3.05, 3.63) is 29.6 Å². The van der Waals surface area contributed by atoms with Crippen molar-refractivity contribution in [3.8, 4) is 0 Å². The van der Waals surface area contributed by atoms with Crippen LogP contribution in [0.2, 0.25) is 6.82 Å². The van der Waals surface area contributed by atoms with Crippen LogP contribution >= 0.6 is 11.3 Å². The SMILES string of the molecule is C[B]c1ccc2sccc2c1. The first kappa shape index (κ1) is 6.92. The van der Waals surface area contributed by atoms with E-state index >= 15 is 0 Å². The molecule has 1 aromatic carbocycles. The van der Waals surface area contributed by atoms with Gasteiger partial charge in [0.2, 0.25) is 0 Å². The van der Waals surface area contributed by atoms with Crippen LogP contribution < -0.4 is 5.46 Å². The summed E-state index contributed by atoms with van der Waals surface area (Å²) in [6, 6.07) is 8.70. The Morgan fingerprint density at radius 2 is 2.18 bits per heavy atom. The number of benzene rings is 1. The monoisotopic (exact) mass is 159 g/mol. The molecule has 0 amide bonds. The summed E-state index contributed by atoms with van der Waals surface area (Å²) < 4.78 is 1.37. The molecule has 2 aromatic rings. The standard InChI is InChI=1S/C9H8BS/c1-10-8-2-3-9-7(6-8)4-5-11-9/h2-6H,1H3. The van der Waals surface area contributed by atoms with Crippen molar-refractivity contribution < 1.29 is 0 Å². The van der Waals surface area contributed by atoms with Gasteiger partial charge in [0.1, 0.15) is 7.28 Å². The highest BCUT2D eigenvalue weighted by Gasteiger charge is 1.94. The first-order valence-corrected chi connectivity index (χ1v) is 4.55. The predicted molar refractivity (Wildman–Crippen MR) is 53.1 cm³/mol. The second kappa shape index (κ2) is 2.70. The summed E-state index contributed by atoms with van der Waals surface area (Å²) in [6.07, 6.45) is 0. The molecule has 1 heterocycles. The van der Waals surface area contributed by atoms with Crippen LogP contribution in [0.15, 0.2) is 29.6 Å². The van der Waals surface area contributed by atoms with E-state index in [0.717, 1.165) is 0 Å². The Kier molecular flexibility index (Phi) is 1.70. The minimum atomic E-state index is 1.30. The predicted octanol–water partition coefficient (Wildman–Crippen LogP) is 2.28. The molecule has 0 nitrogen and oxygen atoms in total. The third-order valence-electron chi connectivity index (χ3n) is 1.81. The van der Waals surface area contributed by atoms with E-state index in [2.05, 4.69) is 43.7 Å². The average molecular weight is 159 g/mol. The third-order valence-corrected chi connectivity index (χ3v) is 2.71. The van der Waals surface area contributed by atoms with Crippen molar-refractivity contribution in [3.63, 3.8) is 0 Å². The molecule has 0 spiro atoms. The van der Waals surface area contributed by atoms with Crippen molar-refractivity contribution in [2.24, 2.45) is 0 Å². The number of hydrogen-bond donors (Lipinski definition) is 0. The number of hydrogen-bond acceptors (Lipinski definition) is 1. The van der Waals surface area contributed by atoms with E-state index in [0.29, 0.717) is 0 Å². The topological polar surface area (TPSA) is 0 Å². The lowest BCUT2D eigenvalue weighted by atomic mass is 9.73. The summed E-state index contributed by atoms with van der Waals surface area (Å²) in [4.78, 5) is 0. The number of fused-ring (bicyclic) bond motifs is 1. The molecule has 0 atom stereocenters. The maximum atomic E-state index is 2.21. The summed E-state index contributed by atoms with van der Waals surface area (Å²) in [5.41, 5.74) is 1.30. The fourth-order valence-corrected chi connectivity index (χ4v) is 1.94. The van der Waals surface area contributed by atoms with Gasteiger partial charge in [0.25, 0.3) is 0 Å². The summed E-state index contributed by atoms with van der Waals surface area (Å²) in [5, 5.41) is 3.48. The van der Waals surface area contributed by atoms with E-state index in [4.69, 9.17) is 0 Å². The molecule has 0 fully saturated rings. The van der Waals surface area contributed by atoms with Gasteiger partial charge in [0.15, 0.2) is 0 Å². The van der Waals surface area contributed by atoms with Crippen LogP contribution in [0.5, 0.6) is 0 Å². The van der Waals surface area contributed by atoms with Gasteiger partial charge in [-0.05, 0) is 22.9 Å². The highest BCUT2D eigenvalue weighted by Crippen LogP contribution is 2.18. The zero-order valence-corrected chi connectivity index (χ0v) is 7.19. The lowest BCUT2D eigenvalue weighted by molar-refractivity contribution is 1.92. The van der Waals surface area contributed by atoms with Crippen LogP contribution in [0.4, 0.5) is 0 Å². The van der Waals surface area contributed by atoms with E-state index in [1.54, 1.807) is 11.3 Å². The third kappa shape index (κ3) is 1.18. The van der Waals surface area contributed by atoms with Crippen molar-refractivity contribution in [2.45, 2.75) is 6.82 Å². The van der Waals surface area contributed by atoms with Gasteiger partial charge in [-0.25, -0.2) is 0 Å². The van der Waals surface area contributed by atoms with E-state index in [9.17, 15) is 0 Å². The maximum Gasteiger partial charge on any atom is 0.148 e. The maximum absolute atomic E-state index is 2.21. The fourth-order valence-electron chi connectivity index (χ4n) is 1.16. The molecule has 1 radical (unpaired) electrons. The van der Waals surface area contributed by atoms with Gasteiger partial charge < -0.3 is 0 Å². The highest BCUT2D eigenvalue weighted by atomic mass is 32.1. The smallest absolute Gasteiger partial charge is 0.144 e. The van der Waals surface area contributed by atoms with Crippen LogP contribution in [-0.2, 0) is 0 Å². The molecule has 0 bridgehead atoms. The number of rotatable bonds is 1. The van der Waals surface area contributed by atoms with Crippen molar-refractivity contribution in [1.29, 1.82) is 0 Å². The zero-order valence-electron chi connectivity index (χ0n) is 6.37.